The number of nitrogens with zero attached hydrogens (tertiary/aromatic N) is 5. The van der Waals surface area contributed by atoms with Gasteiger partial charge in [-0.1, -0.05) is 11.6 Å². The van der Waals surface area contributed by atoms with Crippen molar-refractivity contribution in [2.45, 2.75) is 25.8 Å². The lowest BCUT2D eigenvalue weighted by atomic mass is 10.1. The number of carbonyl (C=O) groups excluding carboxylic acids is 1. The minimum atomic E-state index is -0.136. The number of carbonyl (C=O) groups is 1. The zero-order chi connectivity index (χ0) is 18.1. The Bertz CT molecular complexity index is 942. The van der Waals surface area contributed by atoms with Crippen LogP contribution in [0, 0.1) is 6.92 Å². The Kier molecular flexibility index (Phi) is 4.46. The van der Waals surface area contributed by atoms with Gasteiger partial charge in [-0.3, -0.25) is 14.2 Å². The summed E-state index contributed by atoms with van der Waals surface area (Å²) in [6, 6.07) is 3.62. The molecule has 0 radical (unpaired) electrons. The van der Waals surface area contributed by atoms with E-state index in [0.29, 0.717) is 28.6 Å². The Hall–Kier alpha value is -2.67. The molecule has 1 atom stereocenters. The number of nitrogens with one attached hydrogen (secondary N) is 1. The smallest absolute Gasteiger partial charge is 0.270 e. The second kappa shape index (κ2) is 6.92. The molecule has 0 spiro atoms. The lowest BCUT2D eigenvalue weighted by Crippen LogP contribution is -2.48. The van der Waals surface area contributed by atoms with Crippen molar-refractivity contribution in [1.29, 1.82) is 0 Å². The second-order valence-corrected chi connectivity index (χ2v) is 6.88. The van der Waals surface area contributed by atoms with E-state index in [-0.39, 0.29) is 11.9 Å². The summed E-state index contributed by atoms with van der Waals surface area (Å²) in [5.41, 5.74) is 1.92. The number of fused-ring (bicyclic) bond motifs is 1. The van der Waals surface area contributed by atoms with Crippen molar-refractivity contribution in [3.05, 3.63) is 53.3 Å². The van der Waals surface area contributed by atoms with E-state index >= 15 is 0 Å². The summed E-state index contributed by atoms with van der Waals surface area (Å²) >= 11 is 6.08. The fourth-order valence-corrected chi connectivity index (χ4v) is 3.58. The Morgan fingerprint density at radius 3 is 3.04 bits per heavy atom. The molecule has 0 aromatic carbocycles. The van der Waals surface area contributed by atoms with Crippen LogP contribution in [-0.2, 0) is 0 Å². The van der Waals surface area contributed by atoms with Crippen molar-refractivity contribution in [2.24, 2.45) is 0 Å². The van der Waals surface area contributed by atoms with Gasteiger partial charge in [-0.2, -0.15) is 0 Å². The lowest BCUT2D eigenvalue weighted by molar-refractivity contribution is 0.0926. The van der Waals surface area contributed by atoms with Crippen LogP contribution in [0.4, 0.5) is 5.82 Å². The van der Waals surface area contributed by atoms with Gasteiger partial charge in [0, 0.05) is 37.7 Å². The van der Waals surface area contributed by atoms with Crippen molar-refractivity contribution in [3.63, 3.8) is 0 Å². The van der Waals surface area contributed by atoms with Gasteiger partial charge in [-0.05, 0) is 31.9 Å². The van der Waals surface area contributed by atoms with Gasteiger partial charge in [0.05, 0.1) is 16.9 Å². The normalized spacial score (nSPS) is 17.5. The third-order valence-electron chi connectivity index (χ3n) is 4.60. The fourth-order valence-electron chi connectivity index (χ4n) is 3.42. The summed E-state index contributed by atoms with van der Waals surface area (Å²) in [5.74, 6) is 0.701. The molecule has 0 bridgehead atoms. The van der Waals surface area contributed by atoms with E-state index in [2.05, 4.69) is 25.2 Å². The largest absolute Gasteiger partial charge is 0.353 e. The predicted molar refractivity (Wildman–Crippen MR) is 99.7 cm³/mol. The number of aromatic nitrogens is 4. The van der Waals surface area contributed by atoms with Gasteiger partial charge in [0.25, 0.3) is 5.91 Å². The molecule has 3 aromatic heterocycles. The number of halogens is 1. The van der Waals surface area contributed by atoms with Gasteiger partial charge in [-0.15, -0.1) is 0 Å². The number of hydrogen-bond acceptors (Lipinski definition) is 5. The first-order chi connectivity index (χ1) is 12.6. The number of amides is 1. The van der Waals surface area contributed by atoms with Crippen LogP contribution in [0.25, 0.3) is 5.65 Å². The molecule has 1 amide bonds. The molecule has 1 fully saturated rings. The van der Waals surface area contributed by atoms with Crippen LogP contribution in [0.1, 0.15) is 29.0 Å². The highest BCUT2D eigenvalue weighted by atomic mass is 35.5. The number of hydrogen-bond donors (Lipinski definition) is 1. The number of piperidine rings is 1. The number of pyridine rings is 1. The number of rotatable bonds is 3. The maximum absolute atomic E-state index is 12.9. The van der Waals surface area contributed by atoms with Crippen molar-refractivity contribution < 1.29 is 4.79 Å². The molecule has 1 aliphatic rings. The van der Waals surface area contributed by atoms with E-state index in [1.54, 1.807) is 35.3 Å². The molecule has 26 heavy (non-hydrogen) atoms. The molecular formula is C18H19ClN6O. The van der Waals surface area contributed by atoms with Crippen LogP contribution in [0.15, 0.2) is 36.9 Å². The van der Waals surface area contributed by atoms with Crippen LogP contribution < -0.4 is 10.2 Å². The minimum absolute atomic E-state index is 0.0439. The predicted octanol–water partition coefficient (Wildman–Crippen LogP) is 2.48. The SMILES string of the molecule is Cc1nc2ccc(Cl)cn2c1C(=O)N[C@H]1CCCN(c2cnccn2)C1. The van der Waals surface area contributed by atoms with Crippen LogP contribution >= 0.6 is 11.6 Å². The molecule has 0 aliphatic carbocycles. The van der Waals surface area contributed by atoms with Gasteiger partial charge >= 0.3 is 0 Å². The van der Waals surface area contributed by atoms with Crippen LogP contribution in [0.2, 0.25) is 5.02 Å². The van der Waals surface area contributed by atoms with Gasteiger partial charge in [0.2, 0.25) is 0 Å². The molecule has 1 saturated heterocycles. The van der Waals surface area contributed by atoms with Crippen molar-refractivity contribution in [3.8, 4) is 0 Å². The van der Waals surface area contributed by atoms with E-state index in [1.165, 1.54) is 0 Å². The average Bonchev–Trinajstić information content (AvgIpc) is 2.97. The summed E-state index contributed by atoms with van der Waals surface area (Å²) in [6.45, 7) is 3.46. The zero-order valence-corrected chi connectivity index (χ0v) is 15.1. The summed E-state index contributed by atoms with van der Waals surface area (Å²) in [7, 11) is 0. The Morgan fingerprint density at radius 1 is 1.35 bits per heavy atom. The van der Waals surface area contributed by atoms with E-state index < -0.39 is 0 Å². The highest BCUT2D eigenvalue weighted by Gasteiger charge is 2.25. The highest BCUT2D eigenvalue weighted by Crippen LogP contribution is 2.19. The molecule has 4 heterocycles. The van der Waals surface area contributed by atoms with Crippen LogP contribution in [0.5, 0.6) is 0 Å². The molecule has 1 aliphatic heterocycles. The third kappa shape index (κ3) is 3.22. The van der Waals surface area contributed by atoms with E-state index in [1.807, 2.05) is 13.0 Å². The standard InChI is InChI=1S/C18H19ClN6O/c1-12-17(25-10-13(19)4-5-15(25)22-12)18(26)23-14-3-2-8-24(11-14)16-9-20-6-7-21-16/h4-7,9-10,14H,2-3,8,11H2,1H3,(H,23,26)/t14-/m0/s1. The molecular weight excluding hydrogens is 352 g/mol. The number of imidazole rings is 1. The van der Waals surface area contributed by atoms with Crippen molar-refractivity contribution in [2.75, 3.05) is 18.0 Å². The topological polar surface area (TPSA) is 75.4 Å². The molecule has 4 rings (SSSR count). The number of anilines is 1. The maximum atomic E-state index is 12.9. The number of aryl methyl sites for hydroxylation is 1. The summed E-state index contributed by atoms with van der Waals surface area (Å²) < 4.78 is 1.75. The van der Waals surface area contributed by atoms with E-state index in [4.69, 9.17) is 11.6 Å². The molecule has 1 N–H and O–H groups in total. The second-order valence-electron chi connectivity index (χ2n) is 6.44. The Balaban J connectivity index is 1.53. The molecule has 134 valence electrons. The first-order valence-corrected chi connectivity index (χ1v) is 8.95. The Morgan fingerprint density at radius 2 is 2.23 bits per heavy atom. The molecule has 8 heteroatoms. The maximum Gasteiger partial charge on any atom is 0.270 e. The van der Waals surface area contributed by atoms with Gasteiger partial charge in [-0.25, -0.2) is 9.97 Å². The third-order valence-corrected chi connectivity index (χ3v) is 4.83. The highest BCUT2D eigenvalue weighted by molar-refractivity contribution is 6.30. The average molecular weight is 371 g/mol. The van der Waals surface area contributed by atoms with Crippen LogP contribution in [-0.4, -0.2) is 44.4 Å². The fraction of sp³-hybridized carbons (Fsp3) is 0.333. The monoisotopic (exact) mass is 370 g/mol. The van der Waals surface area contributed by atoms with Crippen molar-refractivity contribution in [1.82, 2.24) is 24.7 Å². The Labute approximate surface area is 156 Å². The summed E-state index contributed by atoms with van der Waals surface area (Å²) in [4.78, 5) is 28.0. The van der Waals surface area contributed by atoms with Gasteiger partial charge in [0.15, 0.2) is 0 Å². The lowest BCUT2D eigenvalue weighted by Gasteiger charge is -2.33. The summed E-state index contributed by atoms with van der Waals surface area (Å²) in [5, 5.41) is 3.71. The molecule has 7 nitrogen and oxygen atoms in total. The summed E-state index contributed by atoms with van der Waals surface area (Å²) in [6.07, 6.45) is 8.73. The zero-order valence-electron chi connectivity index (χ0n) is 14.4. The van der Waals surface area contributed by atoms with Gasteiger partial charge in [0.1, 0.15) is 17.2 Å². The molecule has 3 aromatic rings. The molecule has 0 unspecified atom stereocenters. The first-order valence-electron chi connectivity index (χ1n) is 8.58. The quantitative estimate of drug-likeness (QED) is 0.766. The van der Waals surface area contributed by atoms with Gasteiger partial charge < -0.3 is 10.2 Å². The molecule has 0 saturated carbocycles. The van der Waals surface area contributed by atoms with E-state index in [9.17, 15) is 4.79 Å². The van der Waals surface area contributed by atoms with Crippen molar-refractivity contribution >= 4 is 29.0 Å². The first kappa shape index (κ1) is 16.8. The van der Waals surface area contributed by atoms with Crippen LogP contribution in [0.3, 0.4) is 0 Å². The minimum Gasteiger partial charge on any atom is -0.353 e. The van der Waals surface area contributed by atoms with E-state index in [0.717, 1.165) is 25.2 Å².